The fourth-order valence-corrected chi connectivity index (χ4v) is 2.34. The van der Waals surface area contributed by atoms with Gasteiger partial charge in [0.15, 0.2) is 0 Å². The molecular formula is C13H27NO2. The monoisotopic (exact) mass is 229 g/mol. The molecule has 0 heterocycles. The van der Waals surface area contributed by atoms with Gasteiger partial charge >= 0.3 is 0 Å². The number of aliphatic hydroxyl groups is 2. The predicted octanol–water partition coefficient (Wildman–Crippen LogP) is 1.68. The normalized spacial score (nSPS) is 31.7. The van der Waals surface area contributed by atoms with Crippen molar-refractivity contribution in [2.24, 2.45) is 5.92 Å². The standard InChI is InChI=1S/C13H27NO2/c1-11-4-6-13(10-15,7-5-11)14-9-8-12(2,3)16/h11,14-16H,4-10H2,1-3H3. The topological polar surface area (TPSA) is 52.5 Å². The highest BCUT2D eigenvalue weighted by Crippen LogP contribution is 2.31. The molecule has 0 radical (unpaired) electrons. The molecule has 0 aliphatic heterocycles. The van der Waals surface area contributed by atoms with Gasteiger partial charge in [0.25, 0.3) is 0 Å². The van der Waals surface area contributed by atoms with Crippen molar-refractivity contribution >= 4 is 0 Å². The second kappa shape index (κ2) is 5.48. The zero-order valence-electron chi connectivity index (χ0n) is 10.9. The van der Waals surface area contributed by atoms with Crippen molar-refractivity contribution in [3.63, 3.8) is 0 Å². The summed E-state index contributed by atoms with van der Waals surface area (Å²) in [7, 11) is 0. The average molecular weight is 229 g/mol. The Hall–Kier alpha value is -0.120. The van der Waals surface area contributed by atoms with Crippen LogP contribution in [-0.2, 0) is 0 Å². The summed E-state index contributed by atoms with van der Waals surface area (Å²) < 4.78 is 0. The molecule has 96 valence electrons. The maximum Gasteiger partial charge on any atom is 0.0613 e. The molecule has 3 nitrogen and oxygen atoms in total. The molecule has 0 amide bonds. The van der Waals surface area contributed by atoms with Crippen molar-refractivity contribution in [2.45, 2.75) is 64.0 Å². The van der Waals surface area contributed by atoms with Crippen LogP contribution in [0.15, 0.2) is 0 Å². The van der Waals surface area contributed by atoms with E-state index in [1.54, 1.807) is 0 Å². The van der Waals surface area contributed by atoms with Crippen LogP contribution in [0.4, 0.5) is 0 Å². The number of aliphatic hydroxyl groups excluding tert-OH is 1. The third-order valence-electron chi connectivity index (χ3n) is 3.77. The van der Waals surface area contributed by atoms with E-state index >= 15 is 0 Å². The molecule has 0 spiro atoms. The van der Waals surface area contributed by atoms with Gasteiger partial charge in [-0.2, -0.15) is 0 Å². The Bertz CT molecular complexity index is 202. The molecule has 3 N–H and O–H groups in total. The SMILES string of the molecule is CC1CCC(CO)(NCCC(C)(C)O)CC1. The van der Waals surface area contributed by atoms with E-state index in [9.17, 15) is 10.2 Å². The van der Waals surface area contributed by atoms with E-state index in [1.165, 1.54) is 12.8 Å². The van der Waals surface area contributed by atoms with Gasteiger partial charge in [0.2, 0.25) is 0 Å². The highest BCUT2D eigenvalue weighted by Gasteiger charge is 2.33. The van der Waals surface area contributed by atoms with E-state index in [0.29, 0.717) is 0 Å². The summed E-state index contributed by atoms with van der Waals surface area (Å²) in [6, 6.07) is 0. The van der Waals surface area contributed by atoms with Crippen LogP contribution < -0.4 is 5.32 Å². The Balaban J connectivity index is 2.36. The lowest BCUT2D eigenvalue weighted by Crippen LogP contribution is -2.51. The molecule has 0 atom stereocenters. The smallest absolute Gasteiger partial charge is 0.0613 e. The zero-order chi connectivity index (χ0) is 12.2. The molecule has 0 unspecified atom stereocenters. The molecule has 1 rings (SSSR count). The maximum absolute atomic E-state index is 9.64. The Morgan fingerprint density at radius 3 is 2.31 bits per heavy atom. The lowest BCUT2D eigenvalue weighted by atomic mass is 9.77. The van der Waals surface area contributed by atoms with Gasteiger partial charge in [-0.3, -0.25) is 0 Å². The first-order valence-corrected chi connectivity index (χ1v) is 6.45. The van der Waals surface area contributed by atoms with Crippen molar-refractivity contribution in [1.29, 1.82) is 0 Å². The number of rotatable bonds is 5. The summed E-state index contributed by atoms with van der Waals surface area (Å²) in [5.41, 5.74) is -0.705. The maximum atomic E-state index is 9.64. The Labute approximate surface area is 99.3 Å². The fourth-order valence-electron chi connectivity index (χ4n) is 2.34. The minimum absolute atomic E-state index is 0.0856. The van der Waals surface area contributed by atoms with Crippen LogP contribution in [-0.4, -0.2) is 34.5 Å². The van der Waals surface area contributed by atoms with E-state index in [1.807, 2.05) is 13.8 Å². The summed E-state index contributed by atoms with van der Waals surface area (Å²) >= 11 is 0. The van der Waals surface area contributed by atoms with Crippen LogP contribution in [0.5, 0.6) is 0 Å². The van der Waals surface area contributed by atoms with E-state index < -0.39 is 5.60 Å². The first-order chi connectivity index (χ1) is 7.37. The molecule has 1 aliphatic rings. The Morgan fingerprint density at radius 1 is 1.31 bits per heavy atom. The Morgan fingerprint density at radius 2 is 1.88 bits per heavy atom. The minimum Gasteiger partial charge on any atom is -0.394 e. The van der Waals surface area contributed by atoms with E-state index in [4.69, 9.17) is 0 Å². The predicted molar refractivity (Wildman–Crippen MR) is 66.4 cm³/mol. The molecule has 0 aromatic rings. The van der Waals surface area contributed by atoms with Gasteiger partial charge in [-0.25, -0.2) is 0 Å². The van der Waals surface area contributed by atoms with Crippen LogP contribution in [0.2, 0.25) is 0 Å². The largest absolute Gasteiger partial charge is 0.394 e. The number of nitrogens with one attached hydrogen (secondary N) is 1. The van der Waals surface area contributed by atoms with Gasteiger partial charge in [-0.05, 0) is 58.4 Å². The average Bonchev–Trinajstić information content (AvgIpc) is 2.20. The van der Waals surface area contributed by atoms with Crippen molar-refractivity contribution < 1.29 is 10.2 Å². The molecule has 1 aliphatic carbocycles. The molecule has 0 aromatic carbocycles. The van der Waals surface area contributed by atoms with E-state index in [-0.39, 0.29) is 12.1 Å². The molecule has 0 saturated heterocycles. The van der Waals surface area contributed by atoms with Crippen LogP contribution in [0.3, 0.4) is 0 Å². The van der Waals surface area contributed by atoms with Gasteiger partial charge < -0.3 is 15.5 Å². The third kappa shape index (κ3) is 4.40. The molecule has 1 fully saturated rings. The van der Waals surface area contributed by atoms with Gasteiger partial charge in [0.05, 0.1) is 12.2 Å². The van der Waals surface area contributed by atoms with E-state index in [2.05, 4.69) is 12.2 Å². The van der Waals surface area contributed by atoms with Crippen LogP contribution in [0.25, 0.3) is 0 Å². The fraction of sp³-hybridized carbons (Fsp3) is 1.00. The van der Waals surface area contributed by atoms with Crippen molar-refractivity contribution in [3.8, 4) is 0 Å². The molecule has 3 heteroatoms. The molecule has 1 saturated carbocycles. The number of hydrogen-bond donors (Lipinski definition) is 3. The third-order valence-corrected chi connectivity index (χ3v) is 3.77. The lowest BCUT2D eigenvalue weighted by molar-refractivity contribution is 0.0579. The van der Waals surface area contributed by atoms with Crippen molar-refractivity contribution in [3.05, 3.63) is 0 Å². The highest BCUT2D eigenvalue weighted by molar-refractivity contribution is 4.92. The first kappa shape index (κ1) is 13.9. The van der Waals surface area contributed by atoms with Crippen LogP contribution in [0, 0.1) is 5.92 Å². The van der Waals surface area contributed by atoms with E-state index in [0.717, 1.165) is 31.7 Å². The zero-order valence-corrected chi connectivity index (χ0v) is 10.9. The first-order valence-electron chi connectivity index (χ1n) is 6.45. The second-order valence-electron chi connectivity index (χ2n) is 6.11. The van der Waals surface area contributed by atoms with Crippen LogP contribution in [0.1, 0.15) is 52.9 Å². The summed E-state index contributed by atoms with van der Waals surface area (Å²) in [6.45, 7) is 6.91. The molecule has 0 bridgehead atoms. The molecule has 0 aromatic heterocycles. The summed E-state index contributed by atoms with van der Waals surface area (Å²) in [5.74, 6) is 0.788. The van der Waals surface area contributed by atoms with Crippen molar-refractivity contribution in [1.82, 2.24) is 5.32 Å². The summed E-state index contributed by atoms with van der Waals surface area (Å²) in [6.07, 6.45) is 5.21. The van der Waals surface area contributed by atoms with Gasteiger partial charge in [-0.15, -0.1) is 0 Å². The van der Waals surface area contributed by atoms with Crippen molar-refractivity contribution in [2.75, 3.05) is 13.2 Å². The van der Waals surface area contributed by atoms with Crippen LogP contribution >= 0.6 is 0 Å². The van der Waals surface area contributed by atoms with Gasteiger partial charge in [0, 0.05) is 5.54 Å². The lowest BCUT2D eigenvalue weighted by Gasteiger charge is -2.39. The minimum atomic E-state index is -0.619. The molecular weight excluding hydrogens is 202 g/mol. The second-order valence-corrected chi connectivity index (χ2v) is 6.11. The summed E-state index contributed by atoms with van der Waals surface area (Å²) in [5, 5.41) is 22.6. The van der Waals surface area contributed by atoms with Gasteiger partial charge in [-0.1, -0.05) is 6.92 Å². The highest BCUT2D eigenvalue weighted by atomic mass is 16.3. The molecule has 16 heavy (non-hydrogen) atoms. The van der Waals surface area contributed by atoms with Gasteiger partial charge in [0.1, 0.15) is 0 Å². The quantitative estimate of drug-likeness (QED) is 0.672. The Kier molecular flexibility index (Phi) is 4.77. The summed E-state index contributed by atoms with van der Waals surface area (Å²) in [4.78, 5) is 0. The number of hydrogen-bond acceptors (Lipinski definition) is 3.